The van der Waals surface area contributed by atoms with Crippen LogP contribution in [0.15, 0.2) is 36.4 Å². The van der Waals surface area contributed by atoms with Crippen molar-refractivity contribution in [2.24, 2.45) is 0 Å². The van der Waals surface area contributed by atoms with Crippen molar-refractivity contribution in [3.05, 3.63) is 53.1 Å². The number of carbonyl (C=O) groups is 1. The van der Waals surface area contributed by atoms with E-state index in [1.807, 2.05) is 32.0 Å². The standard InChI is InChI=1S/C19H23NO4/c1-13-5-6-14(2)18(9-13)24-8-7-20-19(21)15-10-16(22-3)12-17(11-15)23-4/h5-6,9-12H,7-8H2,1-4H3,(H,20,21). The third-order valence-corrected chi connectivity index (χ3v) is 3.60. The van der Waals surface area contributed by atoms with Crippen molar-refractivity contribution in [3.63, 3.8) is 0 Å². The Morgan fingerprint density at radius 3 is 2.29 bits per heavy atom. The van der Waals surface area contributed by atoms with E-state index in [1.54, 1.807) is 32.4 Å². The van der Waals surface area contributed by atoms with Gasteiger partial charge in [0.25, 0.3) is 5.91 Å². The summed E-state index contributed by atoms with van der Waals surface area (Å²) < 4.78 is 16.1. The van der Waals surface area contributed by atoms with Gasteiger partial charge in [0.15, 0.2) is 0 Å². The second-order valence-electron chi connectivity index (χ2n) is 5.47. The summed E-state index contributed by atoms with van der Waals surface area (Å²) in [6.45, 7) is 4.82. The van der Waals surface area contributed by atoms with Crippen LogP contribution in [-0.4, -0.2) is 33.3 Å². The summed E-state index contributed by atoms with van der Waals surface area (Å²) in [5.74, 6) is 1.79. The fourth-order valence-electron chi connectivity index (χ4n) is 2.23. The Balaban J connectivity index is 1.90. The molecule has 1 amide bonds. The van der Waals surface area contributed by atoms with E-state index in [0.717, 1.165) is 16.9 Å². The highest BCUT2D eigenvalue weighted by molar-refractivity contribution is 5.95. The first-order valence-electron chi connectivity index (χ1n) is 7.75. The molecule has 128 valence electrons. The first kappa shape index (κ1) is 17.7. The van der Waals surface area contributed by atoms with E-state index in [-0.39, 0.29) is 5.91 Å². The number of hydrogen-bond donors (Lipinski definition) is 1. The molecule has 5 heteroatoms. The summed E-state index contributed by atoms with van der Waals surface area (Å²) in [6.07, 6.45) is 0. The van der Waals surface area contributed by atoms with Gasteiger partial charge in [-0.2, -0.15) is 0 Å². The Kier molecular flexibility index (Phi) is 6.07. The molecule has 0 radical (unpaired) electrons. The number of carbonyl (C=O) groups excluding carboxylic acids is 1. The van der Waals surface area contributed by atoms with Gasteiger partial charge in [0, 0.05) is 11.6 Å². The Hall–Kier alpha value is -2.69. The number of aryl methyl sites for hydroxylation is 2. The maximum Gasteiger partial charge on any atom is 0.251 e. The molecule has 0 spiro atoms. The van der Waals surface area contributed by atoms with Crippen LogP contribution in [0.5, 0.6) is 17.2 Å². The zero-order chi connectivity index (χ0) is 17.5. The summed E-state index contributed by atoms with van der Waals surface area (Å²) in [5, 5.41) is 2.83. The third kappa shape index (κ3) is 4.65. The molecule has 2 aromatic rings. The zero-order valence-corrected chi connectivity index (χ0v) is 14.5. The Labute approximate surface area is 142 Å². The summed E-state index contributed by atoms with van der Waals surface area (Å²) in [4.78, 5) is 12.2. The zero-order valence-electron chi connectivity index (χ0n) is 14.5. The van der Waals surface area contributed by atoms with Gasteiger partial charge >= 0.3 is 0 Å². The van der Waals surface area contributed by atoms with Crippen molar-refractivity contribution in [3.8, 4) is 17.2 Å². The molecule has 0 heterocycles. The van der Waals surface area contributed by atoms with Gasteiger partial charge in [-0.15, -0.1) is 0 Å². The molecule has 0 aliphatic heterocycles. The number of hydrogen-bond acceptors (Lipinski definition) is 4. The molecule has 24 heavy (non-hydrogen) atoms. The second-order valence-corrected chi connectivity index (χ2v) is 5.47. The summed E-state index contributed by atoms with van der Waals surface area (Å²) >= 11 is 0. The van der Waals surface area contributed by atoms with Crippen LogP contribution < -0.4 is 19.5 Å². The third-order valence-electron chi connectivity index (χ3n) is 3.60. The monoisotopic (exact) mass is 329 g/mol. The van der Waals surface area contributed by atoms with Gasteiger partial charge in [0.2, 0.25) is 0 Å². The SMILES string of the molecule is COc1cc(OC)cc(C(=O)NCCOc2cc(C)ccc2C)c1. The molecule has 0 unspecified atom stereocenters. The molecule has 0 aliphatic rings. The highest BCUT2D eigenvalue weighted by Gasteiger charge is 2.09. The minimum Gasteiger partial charge on any atom is -0.497 e. The Bertz CT molecular complexity index is 690. The fourth-order valence-corrected chi connectivity index (χ4v) is 2.23. The lowest BCUT2D eigenvalue weighted by Crippen LogP contribution is -2.28. The predicted molar refractivity (Wildman–Crippen MR) is 93.3 cm³/mol. The fraction of sp³-hybridized carbons (Fsp3) is 0.316. The molecule has 0 aliphatic carbocycles. The molecule has 2 aromatic carbocycles. The van der Waals surface area contributed by atoms with Crippen LogP contribution in [0.4, 0.5) is 0 Å². The lowest BCUT2D eigenvalue weighted by atomic mass is 10.1. The highest BCUT2D eigenvalue weighted by Crippen LogP contribution is 2.22. The van der Waals surface area contributed by atoms with Crippen LogP contribution in [-0.2, 0) is 0 Å². The summed E-state index contributed by atoms with van der Waals surface area (Å²) in [7, 11) is 3.10. The minimum atomic E-state index is -0.197. The van der Waals surface area contributed by atoms with Crippen LogP contribution in [0.2, 0.25) is 0 Å². The van der Waals surface area contributed by atoms with E-state index in [2.05, 4.69) is 5.32 Å². The van der Waals surface area contributed by atoms with E-state index in [9.17, 15) is 4.79 Å². The molecule has 5 nitrogen and oxygen atoms in total. The maximum absolute atomic E-state index is 12.2. The average molecular weight is 329 g/mol. The van der Waals surface area contributed by atoms with Crippen molar-refractivity contribution in [1.82, 2.24) is 5.32 Å². The van der Waals surface area contributed by atoms with Crippen LogP contribution in [0.3, 0.4) is 0 Å². The maximum atomic E-state index is 12.2. The molecular weight excluding hydrogens is 306 g/mol. The first-order valence-corrected chi connectivity index (χ1v) is 7.75. The van der Waals surface area contributed by atoms with E-state index in [1.165, 1.54) is 0 Å². The first-order chi connectivity index (χ1) is 11.5. The Morgan fingerprint density at radius 1 is 1.00 bits per heavy atom. The molecule has 0 saturated heterocycles. The van der Waals surface area contributed by atoms with Gasteiger partial charge in [-0.3, -0.25) is 4.79 Å². The van der Waals surface area contributed by atoms with E-state index in [0.29, 0.717) is 30.2 Å². The Morgan fingerprint density at radius 2 is 1.67 bits per heavy atom. The van der Waals surface area contributed by atoms with Crippen molar-refractivity contribution in [2.45, 2.75) is 13.8 Å². The summed E-state index contributed by atoms with van der Waals surface area (Å²) in [5.41, 5.74) is 2.70. The van der Waals surface area contributed by atoms with E-state index >= 15 is 0 Å². The molecule has 0 atom stereocenters. The average Bonchev–Trinajstić information content (AvgIpc) is 2.60. The van der Waals surface area contributed by atoms with Gasteiger partial charge in [0.05, 0.1) is 20.8 Å². The van der Waals surface area contributed by atoms with Gasteiger partial charge in [-0.25, -0.2) is 0 Å². The number of ether oxygens (including phenoxy) is 3. The van der Waals surface area contributed by atoms with Crippen molar-refractivity contribution in [2.75, 3.05) is 27.4 Å². The number of nitrogens with one attached hydrogen (secondary N) is 1. The molecule has 0 saturated carbocycles. The molecule has 1 N–H and O–H groups in total. The smallest absolute Gasteiger partial charge is 0.251 e. The van der Waals surface area contributed by atoms with Gasteiger partial charge in [0.1, 0.15) is 23.9 Å². The molecule has 0 aromatic heterocycles. The number of benzene rings is 2. The van der Waals surface area contributed by atoms with Gasteiger partial charge in [-0.1, -0.05) is 12.1 Å². The second kappa shape index (κ2) is 8.24. The normalized spacial score (nSPS) is 10.2. The van der Waals surface area contributed by atoms with Crippen molar-refractivity contribution >= 4 is 5.91 Å². The van der Waals surface area contributed by atoms with Crippen LogP contribution in [0.25, 0.3) is 0 Å². The quantitative estimate of drug-likeness (QED) is 0.793. The van der Waals surface area contributed by atoms with Gasteiger partial charge < -0.3 is 19.5 Å². The lowest BCUT2D eigenvalue weighted by molar-refractivity contribution is 0.0946. The van der Waals surface area contributed by atoms with Crippen LogP contribution in [0, 0.1) is 13.8 Å². The van der Waals surface area contributed by atoms with E-state index < -0.39 is 0 Å². The molecule has 0 fully saturated rings. The summed E-state index contributed by atoms with van der Waals surface area (Å²) in [6, 6.07) is 11.1. The van der Waals surface area contributed by atoms with Gasteiger partial charge in [-0.05, 0) is 43.2 Å². The minimum absolute atomic E-state index is 0.197. The highest BCUT2D eigenvalue weighted by atomic mass is 16.5. The molecule has 0 bridgehead atoms. The number of amides is 1. The van der Waals surface area contributed by atoms with Crippen molar-refractivity contribution < 1.29 is 19.0 Å². The van der Waals surface area contributed by atoms with Crippen LogP contribution >= 0.6 is 0 Å². The molecular formula is C19H23NO4. The molecule has 2 rings (SSSR count). The van der Waals surface area contributed by atoms with Crippen LogP contribution in [0.1, 0.15) is 21.5 Å². The lowest BCUT2D eigenvalue weighted by Gasteiger charge is -2.11. The van der Waals surface area contributed by atoms with Crippen molar-refractivity contribution in [1.29, 1.82) is 0 Å². The largest absolute Gasteiger partial charge is 0.497 e. The predicted octanol–water partition coefficient (Wildman–Crippen LogP) is 3.13. The van der Waals surface area contributed by atoms with E-state index in [4.69, 9.17) is 14.2 Å². The topological polar surface area (TPSA) is 56.8 Å². The number of methoxy groups -OCH3 is 2. The number of rotatable bonds is 7.